The van der Waals surface area contributed by atoms with Crippen LogP contribution in [0.4, 0.5) is 20.6 Å². The first-order valence-corrected chi connectivity index (χ1v) is 8.28. The van der Waals surface area contributed by atoms with Crippen molar-refractivity contribution in [3.8, 4) is 5.75 Å². The lowest BCUT2D eigenvalue weighted by Crippen LogP contribution is -2.50. The third-order valence-electron chi connectivity index (χ3n) is 4.41. The minimum atomic E-state index is -0.319. The van der Waals surface area contributed by atoms with Crippen LogP contribution < -0.4 is 15.0 Å². The monoisotopic (exact) mass is 343 g/mol. The number of carbonyl (C=O) groups is 1. The van der Waals surface area contributed by atoms with E-state index in [0.717, 1.165) is 24.5 Å². The lowest BCUT2D eigenvalue weighted by molar-refractivity contribution is 0.208. The molecule has 2 amide bonds. The van der Waals surface area contributed by atoms with E-state index in [-0.39, 0.29) is 11.8 Å². The number of rotatable bonds is 3. The summed E-state index contributed by atoms with van der Waals surface area (Å²) in [5.41, 5.74) is 2.12. The number of nitrogens with zero attached hydrogens (tertiary/aromatic N) is 2. The van der Waals surface area contributed by atoms with Crippen molar-refractivity contribution >= 4 is 17.4 Å². The Morgan fingerprint density at radius 1 is 1.12 bits per heavy atom. The maximum Gasteiger partial charge on any atom is 0.321 e. The summed E-state index contributed by atoms with van der Waals surface area (Å²) in [6.07, 6.45) is 0. The molecule has 1 aliphatic heterocycles. The number of carbonyl (C=O) groups excluding carboxylic acids is 1. The van der Waals surface area contributed by atoms with Crippen molar-refractivity contribution in [3.63, 3.8) is 0 Å². The zero-order chi connectivity index (χ0) is 17.8. The maximum absolute atomic E-state index is 13.6. The summed E-state index contributed by atoms with van der Waals surface area (Å²) >= 11 is 0. The number of aryl methyl sites for hydroxylation is 1. The van der Waals surface area contributed by atoms with E-state index in [0.29, 0.717) is 24.3 Å². The fourth-order valence-electron chi connectivity index (χ4n) is 2.85. The maximum atomic E-state index is 13.6. The summed E-state index contributed by atoms with van der Waals surface area (Å²) in [4.78, 5) is 16.3. The number of methoxy groups -OCH3 is 1. The van der Waals surface area contributed by atoms with Crippen LogP contribution in [0.25, 0.3) is 0 Å². The molecule has 0 unspecified atom stereocenters. The first-order valence-electron chi connectivity index (χ1n) is 8.28. The van der Waals surface area contributed by atoms with Gasteiger partial charge in [0.2, 0.25) is 0 Å². The minimum absolute atomic E-state index is 0.200. The van der Waals surface area contributed by atoms with E-state index < -0.39 is 0 Å². The molecule has 0 atom stereocenters. The number of amides is 2. The SMILES string of the molecule is COc1cccc(N2CCN(C(=O)Nc3ccc(C)c(F)c3)CC2)c1. The number of ether oxygens (including phenoxy) is 1. The van der Waals surface area contributed by atoms with Crippen molar-refractivity contribution in [2.45, 2.75) is 6.92 Å². The van der Waals surface area contributed by atoms with Crippen molar-refractivity contribution in [2.24, 2.45) is 0 Å². The van der Waals surface area contributed by atoms with Crippen LogP contribution in [0.3, 0.4) is 0 Å². The topological polar surface area (TPSA) is 44.8 Å². The highest BCUT2D eigenvalue weighted by atomic mass is 19.1. The Balaban J connectivity index is 1.57. The van der Waals surface area contributed by atoms with Crippen LogP contribution in [0, 0.1) is 12.7 Å². The largest absolute Gasteiger partial charge is 0.497 e. The molecule has 2 aromatic rings. The van der Waals surface area contributed by atoms with E-state index in [1.807, 2.05) is 24.3 Å². The fraction of sp³-hybridized carbons (Fsp3) is 0.316. The van der Waals surface area contributed by atoms with E-state index in [9.17, 15) is 9.18 Å². The van der Waals surface area contributed by atoms with E-state index in [1.54, 1.807) is 31.1 Å². The lowest BCUT2D eigenvalue weighted by atomic mass is 10.2. The highest BCUT2D eigenvalue weighted by Gasteiger charge is 2.21. The van der Waals surface area contributed by atoms with Gasteiger partial charge in [-0.15, -0.1) is 0 Å². The zero-order valence-corrected chi connectivity index (χ0v) is 14.5. The summed E-state index contributed by atoms with van der Waals surface area (Å²) < 4.78 is 18.8. The standard InChI is InChI=1S/C19H22FN3O2/c1-14-6-7-15(12-18(14)20)21-19(24)23-10-8-22(9-11-23)16-4-3-5-17(13-16)25-2/h3-7,12-13H,8-11H2,1-2H3,(H,21,24). The third kappa shape index (κ3) is 4.02. The Bertz CT molecular complexity index is 758. The fourth-order valence-corrected chi connectivity index (χ4v) is 2.85. The normalized spacial score (nSPS) is 14.4. The molecule has 6 heteroatoms. The van der Waals surface area contributed by atoms with Gasteiger partial charge in [0, 0.05) is 43.6 Å². The molecule has 3 rings (SSSR count). The lowest BCUT2D eigenvalue weighted by Gasteiger charge is -2.36. The van der Waals surface area contributed by atoms with Gasteiger partial charge in [-0.3, -0.25) is 0 Å². The van der Waals surface area contributed by atoms with Gasteiger partial charge in [-0.25, -0.2) is 9.18 Å². The number of halogens is 1. The highest BCUT2D eigenvalue weighted by molar-refractivity contribution is 5.89. The number of urea groups is 1. The predicted molar refractivity (Wildman–Crippen MR) is 96.9 cm³/mol. The van der Waals surface area contributed by atoms with E-state index in [2.05, 4.69) is 10.2 Å². The molecule has 0 aliphatic carbocycles. The Hall–Kier alpha value is -2.76. The molecule has 132 valence electrons. The smallest absolute Gasteiger partial charge is 0.321 e. The molecule has 0 saturated carbocycles. The van der Waals surface area contributed by atoms with Gasteiger partial charge < -0.3 is 19.9 Å². The van der Waals surface area contributed by atoms with Crippen molar-refractivity contribution < 1.29 is 13.9 Å². The van der Waals surface area contributed by atoms with Crippen LogP contribution >= 0.6 is 0 Å². The van der Waals surface area contributed by atoms with Gasteiger partial charge >= 0.3 is 6.03 Å². The number of hydrogen-bond donors (Lipinski definition) is 1. The minimum Gasteiger partial charge on any atom is -0.497 e. The van der Waals surface area contributed by atoms with E-state index in [4.69, 9.17) is 4.74 Å². The van der Waals surface area contributed by atoms with Crippen molar-refractivity contribution in [1.82, 2.24) is 4.90 Å². The van der Waals surface area contributed by atoms with Crippen molar-refractivity contribution in [2.75, 3.05) is 43.5 Å². The molecule has 5 nitrogen and oxygen atoms in total. The molecular formula is C19H22FN3O2. The zero-order valence-electron chi connectivity index (χ0n) is 14.5. The van der Waals surface area contributed by atoms with Crippen molar-refractivity contribution in [3.05, 3.63) is 53.8 Å². The molecule has 25 heavy (non-hydrogen) atoms. The molecule has 1 N–H and O–H groups in total. The quantitative estimate of drug-likeness (QED) is 0.928. The van der Waals surface area contributed by atoms with Gasteiger partial charge in [-0.05, 0) is 36.8 Å². The second-order valence-electron chi connectivity index (χ2n) is 6.07. The Morgan fingerprint density at radius 2 is 1.88 bits per heavy atom. The van der Waals surface area contributed by atoms with Crippen LogP contribution in [-0.2, 0) is 0 Å². The number of anilines is 2. The molecule has 0 radical (unpaired) electrons. The Labute approximate surface area is 147 Å². The highest BCUT2D eigenvalue weighted by Crippen LogP contribution is 2.22. The van der Waals surface area contributed by atoms with Crippen LogP contribution in [0.5, 0.6) is 5.75 Å². The Kier molecular flexibility index (Phi) is 5.07. The first-order chi connectivity index (χ1) is 12.1. The molecule has 1 saturated heterocycles. The second-order valence-corrected chi connectivity index (χ2v) is 6.07. The average molecular weight is 343 g/mol. The van der Waals surface area contributed by atoms with E-state index in [1.165, 1.54) is 6.07 Å². The van der Waals surface area contributed by atoms with E-state index >= 15 is 0 Å². The van der Waals surface area contributed by atoms with Gasteiger partial charge in [0.1, 0.15) is 11.6 Å². The number of hydrogen-bond acceptors (Lipinski definition) is 3. The van der Waals surface area contributed by atoms with Gasteiger partial charge in [0.15, 0.2) is 0 Å². The van der Waals surface area contributed by atoms with Gasteiger partial charge in [-0.1, -0.05) is 12.1 Å². The molecule has 2 aromatic carbocycles. The molecule has 0 aromatic heterocycles. The number of benzene rings is 2. The molecular weight excluding hydrogens is 321 g/mol. The van der Waals surface area contributed by atoms with Gasteiger partial charge in [0.05, 0.1) is 7.11 Å². The van der Waals surface area contributed by atoms with Crippen LogP contribution in [0.15, 0.2) is 42.5 Å². The molecule has 1 aliphatic rings. The molecule has 1 fully saturated rings. The molecule has 1 heterocycles. The second kappa shape index (κ2) is 7.42. The summed E-state index contributed by atoms with van der Waals surface area (Å²) in [5, 5.41) is 2.76. The van der Waals surface area contributed by atoms with Crippen LogP contribution in [0.1, 0.15) is 5.56 Å². The third-order valence-corrected chi connectivity index (χ3v) is 4.41. The number of piperazine rings is 1. The van der Waals surface area contributed by atoms with Gasteiger partial charge in [0.25, 0.3) is 0 Å². The van der Waals surface area contributed by atoms with Crippen molar-refractivity contribution in [1.29, 1.82) is 0 Å². The summed E-state index contributed by atoms with van der Waals surface area (Å²) in [7, 11) is 1.65. The summed E-state index contributed by atoms with van der Waals surface area (Å²) in [5.74, 6) is 0.500. The van der Waals surface area contributed by atoms with Crippen LogP contribution in [0.2, 0.25) is 0 Å². The average Bonchev–Trinajstić information content (AvgIpc) is 2.65. The first kappa shape index (κ1) is 17.1. The van der Waals surface area contributed by atoms with Gasteiger partial charge in [-0.2, -0.15) is 0 Å². The Morgan fingerprint density at radius 3 is 2.56 bits per heavy atom. The summed E-state index contributed by atoms with van der Waals surface area (Å²) in [6, 6.07) is 12.4. The molecule has 0 bridgehead atoms. The molecule has 0 spiro atoms. The predicted octanol–water partition coefficient (Wildman–Crippen LogP) is 3.50. The number of nitrogens with one attached hydrogen (secondary N) is 1. The summed E-state index contributed by atoms with van der Waals surface area (Å²) in [6.45, 7) is 4.39. The van der Waals surface area contributed by atoms with Crippen LogP contribution in [-0.4, -0.2) is 44.2 Å².